The second kappa shape index (κ2) is 6.99. The standard InChI is InChI=1S/C8H13NO2/c1-2-3-4-5-6-7-8-9(10)11/h3-4,7-8H,2,5-6H2,1H3/b4-3+,8-7+. The number of unbranched alkanes of at least 4 members (excludes halogenated alkanes) is 1. The summed E-state index contributed by atoms with van der Waals surface area (Å²) in [6, 6.07) is 0. The van der Waals surface area contributed by atoms with Crippen LogP contribution in [0, 0.1) is 10.1 Å². The summed E-state index contributed by atoms with van der Waals surface area (Å²) in [5.41, 5.74) is 0. The fourth-order valence-corrected chi connectivity index (χ4v) is 0.638. The molecule has 3 heteroatoms. The molecular formula is C8H13NO2. The van der Waals surface area contributed by atoms with Gasteiger partial charge in [-0.1, -0.05) is 19.1 Å². The second-order valence-electron chi connectivity index (χ2n) is 2.13. The Morgan fingerprint density at radius 2 is 1.91 bits per heavy atom. The highest BCUT2D eigenvalue weighted by atomic mass is 16.6. The molecule has 0 aliphatic heterocycles. The van der Waals surface area contributed by atoms with E-state index < -0.39 is 4.92 Å². The molecule has 0 rings (SSSR count). The van der Waals surface area contributed by atoms with E-state index in [4.69, 9.17) is 0 Å². The Morgan fingerprint density at radius 1 is 1.27 bits per heavy atom. The van der Waals surface area contributed by atoms with E-state index in [9.17, 15) is 10.1 Å². The van der Waals surface area contributed by atoms with Gasteiger partial charge in [0.15, 0.2) is 0 Å². The van der Waals surface area contributed by atoms with Gasteiger partial charge in [0.2, 0.25) is 6.20 Å². The Bertz CT molecular complexity index is 161. The van der Waals surface area contributed by atoms with Gasteiger partial charge in [0.1, 0.15) is 0 Å². The van der Waals surface area contributed by atoms with Crippen LogP contribution in [-0.4, -0.2) is 4.92 Å². The maximum atomic E-state index is 9.79. The molecule has 0 aromatic heterocycles. The molecule has 0 amide bonds. The molecule has 0 heterocycles. The van der Waals surface area contributed by atoms with E-state index in [2.05, 4.69) is 13.0 Å². The first-order chi connectivity index (χ1) is 5.27. The first-order valence-corrected chi connectivity index (χ1v) is 3.72. The highest BCUT2D eigenvalue weighted by molar-refractivity contribution is 4.84. The van der Waals surface area contributed by atoms with Crippen LogP contribution in [0.15, 0.2) is 24.4 Å². The summed E-state index contributed by atoms with van der Waals surface area (Å²) in [7, 11) is 0. The van der Waals surface area contributed by atoms with Gasteiger partial charge >= 0.3 is 0 Å². The van der Waals surface area contributed by atoms with Crippen molar-refractivity contribution in [2.75, 3.05) is 0 Å². The molecule has 0 atom stereocenters. The van der Waals surface area contributed by atoms with Crippen molar-refractivity contribution < 1.29 is 4.92 Å². The predicted molar refractivity (Wildman–Crippen MR) is 44.8 cm³/mol. The van der Waals surface area contributed by atoms with Gasteiger partial charge in [-0.15, -0.1) is 0 Å². The van der Waals surface area contributed by atoms with Gasteiger partial charge in [0, 0.05) is 0 Å². The highest BCUT2D eigenvalue weighted by Crippen LogP contribution is 1.93. The molecule has 0 bridgehead atoms. The molecule has 0 aromatic carbocycles. The zero-order chi connectivity index (χ0) is 8.53. The minimum Gasteiger partial charge on any atom is -0.259 e. The average Bonchev–Trinajstić information content (AvgIpc) is 1.96. The van der Waals surface area contributed by atoms with Gasteiger partial charge in [0.05, 0.1) is 4.92 Å². The van der Waals surface area contributed by atoms with Crippen molar-refractivity contribution in [1.29, 1.82) is 0 Å². The van der Waals surface area contributed by atoms with Gasteiger partial charge in [-0.2, -0.15) is 0 Å². The highest BCUT2D eigenvalue weighted by Gasteiger charge is 1.82. The molecule has 0 N–H and O–H groups in total. The normalized spacial score (nSPS) is 11.4. The molecule has 0 saturated carbocycles. The van der Waals surface area contributed by atoms with Gasteiger partial charge in [0.25, 0.3) is 0 Å². The van der Waals surface area contributed by atoms with Crippen LogP contribution in [0.25, 0.3) is 0 Å². The number of hydrogen-bond donors (Lipinski definition) is 0. The van der Waals surface area contributed by atoms with Crippen molar-refractivity contribution in [3.8, 4) is 0 Å². The lowest BCUT2D eigenvalue weighted by molar-refractivity contribution is -0.402. The third-order valence-electron chi connectivity index (χ3n) is 1.13. The molecule has 11 heavy (non-hydrogen) atoms. The fraction of sp³-hybridized carbons (Fsp3) is 0.500. The molecule has 0 spiro atoms. The summed E-state index contributed by atoms with van der Waals surface area (Å²) >= 11 is 0. The van der Waals surface area contributed by atoms with Crippen molar-refractivity contribution in [2.45, 2.75) is 26.2 Å². The largest absolute Gasteiger partial charge is 0.259 e. The summed E-state index contributed by atoms with van der Waals surface area (Å²) in [5, 5.41) is 9.79. The molecule has 0 fully saturated rings. The number of rotatable bonds is 5. The minimum absolute atomic E-state index is 0.441. The van der Waals surface area contributed by atoms with E-state index in [1.54, 1.807) is 6.08 Å². The maximum absolute atomic E-state index is 9.79. The summed E-state index contributed by atoms with van der Waals surface area (Å²) in [4.78, 5) is 9.35. The maximum Gasteiger partial charge on any atom is 0.230 e. The van der Waals surface area contributed by atoms with E-state index in [1.807, 2.05) is 6.08 Å². The molecule has 0 saturated heterocycles. The Morgan fingerprint density at radius 3 is 2.45 bits per heavy atom. The predicted octanol–water partition coefficient (Wildman–Crippen LogP) is 2.52. The number of nitrogens with zero attached hydrogens (tertiary/aromatic N) is 1. The SMILES string of the molecule is CC/C=C/CC/C=C/[N+](=O)[O-]. The van der Waals surface area contributed by atoms with Crippen LogP contribution in [0.5, 0.6) is 0 Å². The first-order valence-electron chi connectivity index (χ1n) is 3.72. The monoisotopic (exact) mass is 155 g/mol. The third-order valence-corrected chi connectivity index (χ3v) is 1.13. The zero-order valence-corrected chi connectivity index (χ0v) is 6.69. The number of allylic oxidation sites excluding steroid dienone is 3. The van der Waals surface area contributed by atoms with Crippen molar-refractivity contribution in [1.82, 2.24) is 0 Å². The molecule has 0 radical (unpaired) electrons. The van der Waals surface area contributed by atoms with Crippen molar-refractivity contribution >= 4 is 0 Å². The van der Waals surface area contributed by atoms with Crippen molar-refractivity contribution in [3.63, 3.8) is 0 Å². The van der Waals surface area contributed by atoms with Crippen molar-refractivity contribution in [3.05, 3.63) is 34.5 Å². The van der Waals surface area contributed by atoms with Crippen LogP contribution in [0.4, 0.5) is 0 Å². The Kier molecular flexibility index (Phi) is 6.28. The molecule has 0 unspecified atom stereocenters. The third kappa shape index (κ3) is 8.88. The summed E-state index contributed by atoms with van der Waals surface area (Å²) < 4.78 is 0. The van der Waals surface area contributed by atoms with E-state index in [0.717, 1.165) is 25.5 Å². The number of hydrogen-bond acceptors (Lipinski definition) is 2. The van der Waals surface area contributed by atoms with Gasteiger partial charge < -0.3 is 0 Å². The van der Waals surface area contributed by atoms with Crippen LogP contribution in [0.1, 0.15) is 26.2 Å². The molecular weight excluding hydrogens is 142 g/mol. The quantitative estimate of drug-likeness (QED) is 0.265. The Labute approximate surface area is 66.6 Å². The lowest BCUT2D eigenvalue weighted by atomic mass is 10.2. The lowest BCUT2D eigenvalue weighted by Crippen LogP contribution is -1.81. The van der Waals surface area contributed by atoms with Crippen molar-refractivity contribution in [2.24, 2.45) is 0 Å². The summed E-state index contributed by atoms with van der Waals surface area (Å²) in [6.07, 6.45) is 9.30. The van der Waals surface area contributed by atoms with E-state index >= 15 is 0 Å². The van der Waals surface area contributed by atoms with Gasteiger partial charge in [-0.25, -0.2) is 0 Å². The molecule has 3 nitrogen and oxygen atoms in total. The lowest BCUT2D eigenvalue weighted by Gasteiger charge is -1.83. The Hall–Kier alpha value is -1.12. The number of nitro groups is 1. The first kappa shape index (κ1) is 9.88. The fourth-order valence-electron chi connectivity index (χ4n) is 0.638. The van der Waals surface area contributed by atoms with Crippen LogP contribution in [0.3, 0.4) is 0 Å². The van der Waals surface area contributed by atoms with E-state index in [1.165, 1.54) is 0 Å². The summed E-state index contributed by atoms with van der Waals surface area (Å²) in [6.45, 7) is 2.06. The topological polar surface area (TPSA) is 43.1 Å². The molecule has 0 aliphatic rings. The zero-order valence-electron chi connectivity index (χ0n) is 6.69. The molecule has 0 aromatic rings. The van der Waals surface area contributed by atoms with Crippen LogP contribution in [0.2, 0.25) is 0 Å². The van der Waals surface area contributed by atoms with E-state index in [-0.39, 0.29) is 0 Å². The molecule has 62 valence electrons. The van der Waals surface area contributed by atoms with Gasteiger partial charge in [-0.3, -0.25) is 10.1 Å². The van der Waals surface area contributed by atoms with Crippen LogP contribution in [-0.2, 0) is 0 Å². The minimum atomic E-state index is -0.441. The van der Waals surface area contributed by atoms with Crippen LogP contribution < -0.4 is 0 Å². The van der Waals surface area contributed by atoms with E-state index in [0.29, 0.717) is 0 Å². The molecule has 0 aliphatic carbocycles. The van der Waals surface area contributed by atoms with Gasteiger partial charge in [-0.05, 0) is 25.3 Å². The summed E-state index contributed by atoms with van der Waals surface area (Å²) in [5.74, 6) is 0. The smallest absolute Gasteiger partial charge is 0.230 e. The second-order valence-corrected chi connectivity index (χ2v) is 2.13. The Balaban J connectivity index is 3.27. The average molecular weight is 155 g/mol. The van der Waals surface area contributed by atoms with Crippen LogP contribution >= 0.6 is 0 Å².